The molecule has 1 aromatic carbocycles. The molecule has 0 saturated carbocycles. The van der Waals surface area contributed by atoms with Crippen LogP contribution in [0.2, 0.25) is 5.02 Å². The summed E-state index contributed by atoms with van der Waals surface area (Å²) in [4.78, 5) is 0. The van der Waals surface area contributed by atoms with E-state index in [0.29, 0.717) is 16.5 Å². The van der Waals surface area contributed by atoms with Crippen molar-refractivity contribution in [2.75, 3.05) is 12.8 Å². The van der Waals surface area contributed by atoms with Crippen LogP contribution in [-0.2, 0) is 0 Å². The third-order valence-electron chi connectivity index (χ3n) is 1.97. The molecule has 0 aliphatic rings. The van der Waals surface area contributed by atoms with Crippen molar-refractivity contribution < 1.29 is 9.26 Å². The minimum atomic E-state index is 0.266. The summed E-state index contributed by atoms with van der Waals surface area (Å²) in [6.45, 7) is 0. The quantitative estimate of drug-likeness (QED) is 0.852. The lowest BCUT2D eigenvalue weighted by molar-refractivity contribution is 0.414. The highest BCUT2D eigenvalue weighted by Crippen LogP contribution is 2.32. The lowest BCUT2D eigenvalue weighted by Gasteiger charge is -2.05. The van der Waals surface area contributed by atoms with Gasteiger partial charge in [-0.25, -0.2) is 0 Å². The van der Waals surface area contributed by atoms with E-state index in [1.807, 2.05) is 0 Å². The number of benzene rings is 1. The average Bonchev–Trinajstić information content (AvgIpc) is 2.64. The third kappa shape index (κ3) is 1.89. The highest BCUT2D eigenvalue weighted by molar-refractivity contribution is 6.30. The fourth-order valence-electron chi connectivity index (χ4n) is 1.29. The number of ether oxygens (including phenoxy) is 1. The van der Waals surface area contributed by atoms with Crippen LogP contribution in [0.5, 0.6) is 5.75 Å². The SMILES string of the molecule is COc1cc(Cl)ccc1-c1cc(N)on1. The molecule has 78 valence electrons. The number of anilines is 1. The Morgan fingerprint density at radius 2 is 2.20 bits per heavy atom. The van der Waals surface area contributed by atoms with Crippen molar-refractivity contribution >= 4 is 17.5 Å². The Hall–Kier alpha value is -1.68. The smallest absolute Gasteiger partial charge is 0.222 e. The predicted molar refractivity (Wildman–Crippen MR) is 57.9 cm³/mol. The van der Waals surface area contributed by atoms with E-state index in [0.717, 1.165) is 5.56 Å². The van der Waals surface area contributed by atoms with Gasteiger partial charge in [-0.2, -0.15) is 0 Å². The van der Waals surface area contributed by atoms with E-state index < -0.39 is 0 Å². The van der Waals surface area contributed by atoms with E-state index in [1.165, 1.54) is 0 Å². The molecule has 0 bridgehead atoms. The summed E-state index contributed by atoms with van der Waals surface area (Å²) in [6.07, 6.45) is 0. The number of hydrogen-bond donors (Lipinski definition) is 1. The molecule has 4 nitrogen and oxygen atoms in total. The second kappa shape index (κ2) is 3.82. The topological polar surface area (TPSA) is 61.3 Å². The summed E-state index contributed by atoms with van der Waals surface area (Å²) in [5, 5.41) is 4.40. The Bertz CT molecular complexity index is 482. The maximum Gasteiger partial charge on any atom is 0.222 e. The van der Waals surface area contributed by atoms with Crippen LogP contribution < -0.4 is 10.5 Å². The first-order valence-corrected chi connectivity index (χ1v) is 4.64. The number of rotatable bonds is 2. The molecule has 0 radical (unpaired) electrons. The van der Waals surface area contributed by atoms with Crippen molar-refractivity contribution in [2.24, 2.45) is 0 Å². The van der Waals surface area contributed by atoms with Gasteiger partial charge >= 0.3 is 0 Å². The number of nitrogens with zero attached hydrogens (tertiary/aromatic N) is 1. The summed E-state index contributed by atoms with van der Waals surface area (Å²) in [5.41, 5.74) is 6.86. The average molecular weight is 225 g/mol. The molecular formula is C10H9ClN2O2. The molecule has 2 N–H and O–H groups in total. The Morgan fingerprint density at radius 3 is 2.80 bits per heavy atom. The van der Waals surface area contributed by atoms with Crippen LogP contribution in [0.1, 0.15) is 0 Å². The van der Waals surface area contributed by atoms with Crippen molar-refractivity contribution in [1.29, 1.82) is 0 Å². The minimum Gasteiger partial charge on any atom is -0.496 e. The van der Waals surface area contributed by atoms with Crippen LogP contribution in [0.15, 0.2) is 28.8 Å². The number of halogens is 1. The summed E-state index contributed by atoms with van der Waals surface area (Å²) in [5.74, 6) is 0.901. The third-order valence-corrected chi connectivity index (χ3v) is 2.20. The molecule has 2 aromatic rings. The van der Waals surface area contributed by atoms with E-state index in [2.05, 4.69) is 5.16 Å². The summed E-state index contributed by atoms with van der Waals surface area (Å²) in [7, 11) is 1.57. The Kier molecular flexibility index (Phi) is 2.51. The monoisotopic (exact) mass is 224 g/mol. The number of nitrogens with two attached hydrogens (primary N) is 1. The number of hydrogen-bond acceptors (Lipinski definition) is 4. The number of methoxy groups -OCH3 is 1. The largest absolute Gasteiger partial charge is 0.496 e. The van der Waals surface area contributed by atoms with Gasteiger partial charge in [0.2, 0.25) is 5.88 Å². The number of aromatic nitrogens is 1. The first-order chi connectivity index (χ1) is 7.20. The Labute approximate surface area is 91.6 Å². The molecule has 0 unspecified atom stereocenters. The lowest BCUT2D eigenvalue weighted by atomic mass is 10.1. The molecule has 2 rings (SSSR count). The van der Waals surface area contributed by atoms with Gasteiger partial charge in [0.05, 0.1) is 7.11 Å². The van der Waals surface area contributed by atoms with Crippen LogP contribution >= 0.6 is 11.6 Å². The minimum absolute atomic E-state index is 0.266. The van der Waals surface area contributed by atoms with Gasteiger partial charge in [0.25, 0.3) is 0 Å². The van der Waals surface area contributed by atoms with Crippen LogP contribution in [0.4, 0.5) is 5.88 Å². The molecule has 15 heavy (non-hydrogen) atoms. The van der Waals surface area contributed by atoms with Crippen LogP contribution in [0, 0.1) is 0 Å². The lowest BCUT2D eigenvalue weighted by Crippen LogP contribution is -1.87. The molecule has 0 fully saturated rings. The fourth-order valence-corrected chi connectivity index (χ4v) is 1.46. The summed E-state index contributed by atoms with van der Waals surface area (Å²) < 4.78 is 9.97. The molecule has 1 heterocycles. The molecule has 0 amide bonds. The van der Waals surface area contributed by atoms with Crippen molar-refractivity contribution in [1.82, 2.24) is 5.16 Å². The zero-order chi connectivity index (χ0) is 10.8. The van der Waals surface area contributed by atoms with E-state index >= 15 is 0 Å². The molecule has 5 heteroatoms. The van der Waals surface area contributed by atoms with Crippen molar-refractivity contribution in [2.45, 2.75) is 0 Å². The molecule has 0 aliphatic heterocycles. The first kappa shape index (κ1) is 9.86. The molecule has 0 atom stereocenters. The van der Waals surface area contributed by atoms with Gasteiger partial charge in [-0.1, -0.05) is 16.8 Å². The normalized spacial score (nSPS) is 10.3. The van der Waals surface area contributed by atoms with Gasteiger partial charge in [-0.3, -0.25) is 0 Å². The molecule has 1 aromatic heterocycles. The predicted octanol–water partition coefficient (Wildman–Crippen LogP) is 2.59. The van der Waals surface area contributed by atoms with Crippen LogP contribution in [-0.4, -0.2) is 12.3 Å². The number of nitrogen functional groups attached to an aromatic ring is 1. The van der Waals surface area contributed by atoms with E-state index in [9.17, 15) is 0 Å². The van der Waals surface area contributed by atoms with E-state index in [-0.39, 0.29) is 5.88 Å². The second-order valence-electron chi connectivity index (χ2n) is 2.96. The van der Waals surface area contributed by atoms with Crippen molar-refractivity contribution in [3.05, 3.63) is 29.3 Å². The zero-order valence-electron chi connectivity index (χ0n) is 8.03. The van der Waals surface area contributed by atoms with Gasteiger partial charge in [-0.15, -0.1) is 0 Å². The van der Waals surface area contributed by atoms with Crippen LogP contribution in [0.25, 0.3) is 11.3 Å². The van der Waals surface area contributed by atoms with Crippen molar-refractivity contribution in [3.8, 4) is 17.0 Å². The van der Waals surface area contributed by atoms with Crippen molar-refractivity contribution in [3.63, 3.8) is 0 Å². The summed E-state index contributed by atoms with van der Waals surface area (Å²) >= 11 is 5.84. The highest BCUT2D eigenvalue weighted by atomic mass is 35.5. The first-order valence-electron chi connectivity index (χ1n) is 4.27. The van der Waals surface area contributed by atoms with Crippen LogP contribution in [0.3, 0.4) is 0 Å². The Balaban J connectivity index is 2.52. The second-order valence-corrected chi connectivity index (χ2v) is 3.40. The van der Waals surface area contributed by atoms with E-state index in [4.69, 9.17) is 26.6 Å². The molecule has 0 aliphatic carbocycles. The molecule has 0 saturated heterocycles. The fraction of sp³-hybridized carbons (Fsp3) is 0.100. The van der Waals surface area contributed by atoms with Gasteiger partial charge in [0, 0.05) is 16.7 Å². The zero-order valence-corrected chi connectivity index (χ0v) is 8.78. The maximum absolute atomic E-state index is 5.84. The molecular weight excluding hydrogens is 216 g/mol. The molecule has 0 spiro atoms. The standard InChI is InChI=1S/C10H9ClN2O2/c1-14-9-4-6(11)2-3-7(9)8-5-10(12)15-13-8/h2-5H,12H2,1H3. The van der Waals surface area contributed by atoms with Gasteiger partial charge in [0.15, 0.2) is 0 Å². The van der Waals surface area contributed by atoms with Gasteiger partial charge < -0.3 is 15.0 Å². The summed E-state index contributed by atoms with van der Waals surface area (Å²) in [6, 6.07) is 6.90. The van der Waals surface area contributed by atoms with E-state index in [1.54, 1.807) is 31.4 Å². The van der Waals surface area contributed by atoms with Gasteiger partial charge in [0.1, 0.15) is 11.4 Å². The highest BCUT2D eigenvalue weighted by Gasteiger charge is 2.10. The Morgan fingerprint density at radius 1 is 1.40 bits per heavy atom. The maximum atomic E-state index is 5.84. The van der Waals surface area contributed by atoms with Gasteiger partial charge in [-0.05, 0) is 18.2 Å².